The quantitative estimate of drug-likeness (QED) is 0.868. The summed E-state index contributed by atoms with van der Waals surface area (Å²) in [7, 11) is 0. The first-order valence-corrected chi connectivity index (χ1v) is 7.48. The molecule has 2 aromatic heterocycles. The van der Waals surface area contributed by atoms with E-state index in [2.05, 4.69) is 20.4 Å². The normalized spacial score (nSPS) is 18.0. The molecule has 5 nitrogen and oxygen atoms in total. The van der Waals surface area contributed by atoms with Gasteiger partial charge in [0.1, 0.15) is 23.3 Å². The monoisotopic (exact) mass is 333 g/mol. The van der Waals surface area contributed by atoms with Crippen LogP contribution in [0.5, 0.6) is 0 Å². The second-order valence-electron chi connectivity index (χ2n) is 5.53. The number of alkyl halides is 3. The zero-order valence-corrected chi connectivity index (χ0v) is 12.6. The number of fused-ring (bicyclic) bond motifs is 1. The van der Waals surface area contributed by atoms with Crippen LogP contribution in [0.1, 0.15) is 44.1 Å². The van der Waals surface area contributed by atoms with Gasteiger partial charge in [0, 0.05) is 5.56 Å². The van der Waals surface area contributed by atoms with E-state index in [4.69, 9.17) is 11.6 Å². The number of nitrogens with zero attached hydrogens (tertiary/aromatic N) is 4. The molecule has 3 rings (SSSR count). The highest BCUT2D eigenvalue weighted by molar-refractivity contribution is 6.30. The Labute approximate surface area is 129 Å². The van der Waals surface area contributed by atoms with Crippen LogP contribution < -0.4 is 5.32 Å². The molecule has 1 aliphatic carbocycles. The molecule has 1 atom stereocenters. The maximum absolute atomic E-state index is 12.9. The van der Waals surface area contributed by atoms with Crippen molar-refractivity contribution in [2.75, 3.05) is 5.32 Å². The van der Waals surface area contributed by atoms with Crippen molar-refractivity contribution in [1.82, 2.24) is 19.6 Å². The second-order valence-corrected chi connectivity index (χ2v) is 5.88. The largest absolute Gasteiger partial charge is 0.408 e. The smallest absolute Gasteiger partial charge is 0.358 e. The molecular weight excluding hydrogens is 319 g/mol. The van der Waals surface area contributed by atoms with Gasteiger partial charge in [-0.1, -0.05) is 24.4 Å². The van der Waals surface area contributed by atoms with Gasteiger partial charge in [-0.2, -0.15) is 32.8 Å². The Morgan fingerprint density at radius 3 is 2.68 bits per heavy atom. The zero-order chi connectivity index (χ0) is 15.9. The highest BCUT2D eigenvalue weighted by Gasteiger charge is 2.38. The minimum atomic E-state index is -4.37. The van der Waals surface area contributed by atoms with Gasteiger partial charge < -0.3 is 5.32 Å². The number of anilines is 1. The molecule has 0 aliphatic heterocycles. The van der Waals surface area contributed by atoms with Crippen LogP contribution in [0.3, 0.4) is 0 Å². The van der Waals surface area contributed by atoms with Crippen molar-refractivity contribution >= 4 is 23.2 Å². The number of aromatic nitrogens is 4. The van der Waals surface area contributed by atoms with E-state index in [-0.39, 0.29) is 22.7 Å². The summed E-state index contributed by atoms with van der Waals surface area (Å²) < 4.78 is 40.0. The van der Waals surface area contributed by atoms with Gasteiger partial charge >= 0.3 is 6.18 Å². The average molecular weight is 334 g/mol. The third-order valence-corrected chi connectivity index (χ3v) is 4.31. The second kappa shape index (κ2) is 5.57. The van der Waals surface area contributed by atoms with E-state index in [1.807, 2.05) is 0 Å². The molecule has 1 saturated carbocycles. The van der Waals surface area contributed by atoms with Crippen LogP contribution in [0.15, 0.2) is 6.33 Å². The Morgan fingerprint density at radius 1 is 1.36 bits per heavy atom. The summed E-state index contributed by atoms with van der Waals surface area (Å²) in [6.07, 6.45) is 0.721. The minimum absolute atomic E-state index is 0.0940. The van der Waals surface area contributed by atoms with Crippen LogP contribution in [0.4, 0.5) is 19.0 Å². The molecule has 1 unspecified atom stereocenters. The lowest BCUT2D eigenvalue weighted by Gasteiger charge is -2.23. The molecule has 0 spiro atoms. The van der Waals surface area contributed by atoms with Crippen LogP contribution in [-0.2, 0) is 0 Å². The number of nitrogens with one attached hydrogen (secondary N) is 1. The van der Waals surface area contributed by atoms with Crippen molar-refractivity contribution in [2.24, 2.45) is 0 Å². The number of halogens is 4. The van der Waals surface area contributed by atoms with Crippen molar-refractivity contribution in [3.8, 4) is 0 Å². The van der Waals surface area contributed by atoms with Crippen molar-refractivity contribution in [1.29, 1.82) is 0 Å². The first kappa shape index (κ1) is 15.3. The highest BCUT2D eigenvalue weighted by Crippen LogP contribution is 2.41. The zero-order valence-electron chi connectivity index (χ0n) is 11.9. The first-order valence-electron chi connectivity index (χ1n) is 7.10. The van der Waals surface area contributed by atoms with Crippen LogP contribution in [0, 0.1) is 0 Å². The molecule has 22 heavy (non-hydrogen) atoms. The summed E-state index contributed by atoms with van der Waals surface area (Å²) in [6.45, 7) is 1.07. The molecule has 0 amide bonds. The predicted octanol–water partition coefficient (Wildman–Crippen LogP) is 3.80. The lowest BCUT2D eigenvalue weighted by Crippen LogP contribution is -2.34. The summed E-state index contributed by atoms with van der Waals surface area (Å²) >= 11 is 6.23. The van der Waals surface area contributed by atoms with Gasteiger partial charge in [0.25, 0.3) is 5.78 Å². The number of rotatable bonds is 3. The van der Waals surface area contributed by atoms with Gasteiger partial charge in [-0.3, -0.25) is 0 Å². The Kier molecular flexibility index (Phi) is 3.88. The summed E-state index contributed by atoms with van der Waals surface area (Å²) in [5.74, 6) is 0.518. The van der Waals surface area contributed by atoms with Gasteiger partial charge in [-0.05, 0) is 25.7 Å². The van der Waals surface area contributed by atoms with E-state index in [1.165, 1.54) is 10.8 Å². The van der Waals surface area contributed by atoms with Crippen molar-refractivity contribution in [3.63, 3.8) is 0 Å². The van der Waals surface area contributed by atoms with Gasteiger partial charge in [0.05, 0.1) is 0 Å². The fourth-order valence-electron chi connectivity index (χ4n) is 2.83. The van der Waals surface area contributed by atoms with E-state index in [1.54, 1.807) is 0 Å². The molecule has 0 bridgehead atoms. The van der Waals surface area contributed by atoms with E-state index >= 15 is 0 Å². The Hall–Kier alpha value is -1.57. The van der Waals surface area contributed by atoms with Gasteiger partial charge in [-0.25, -0.2) is 0 Å². The maximum atomic E-state index is 12.9. The van der Waals surface area contributed by atoms with Crippen LogP contribution >= 0.6 is 11.6 Å². The molecule has 120 valence electrons. The van der Waals surface area contributed by atoms with Crippen LogP contribution in [-0.4, -0.2) is 31.8 Å². The Balaban J connectivity index is 2.11. The number of hydrogen-bond donors (Lipinski definition) is 1. The third kappa shape index (κ3) is 2.71. The summed E-state index contributed by atoms with van der Waals surface area (Å²) in [4.78, 5) is 8.06. The molecule has 2 aromatic rings. The fraction of sp³-hybridized carbons (Fsp3) is 0.615. The molecule has 2 heterocycles. The molecule has 0 saturated heterocycles. The third-order valence-electron chi connectivity index (χ3n) is 4.02. The highest BCUT2D eigenvalue weighted by atomic mass is 35.5. The van der Waals surface area contributed by atoms with E-state index in [0.29, 0.717) is 5.56 Å². The Morgan fingerprint density at radius 2 is 2.05 bits per heavy atom. The molecule has 1 N–H and O–H groups in total. The molecular formula is C13H15ClF3N5. The van der Waals surface area contributed by atoms with Crippen LogP contribution in [0.2, 0.25) is 5.15 Å². The fourth-order valence-corrected chi connectivity index (χ4v) is 3.15. The van der Waals surface area contributed by atoms with Crippen LogP contribution in [0.25, 0.3) is 5.78 Å². The lowest BCUT2D eigenvalue weighted by molar-refractivity contribution is -0.138. The molecule has 0 aromatic carbocycles. The molecule has 1 aliphatic rings. The summed E-state index contributed by atoms with van der Waals surface area (Å²) in [5.41, 5.74) is 0.605. The lowest BCUT2D eigenvalue weighted by atomic mass is 9.99. The van der Waals surface area contributed by atoms with Crippen molar-refractivity contribution in [3.05, 3.63) is 17.0 Å². The number of hydrogen-bond acceptors (Lipinski definition) is 4. The van der Waals surface area contributed by atoms with Gasteiger partial charge in [0.2, 0.25) is 0 Å². The maximum Gasteiger partial charge on any atom is 0.408 e. The van der Waals surface area contributed by atoms with Crippen molar-refractivity contribution in [2.45, 2.75) is 50.7 Å². The topological polar surface area (TPSA) is 55.1 Å². The SMILES string of the molecule is CC(Nc1c(C2CCCC2)c(Cl)nc2ncnn12)C(F)(F)F. The predicted molar refractivity (Wildman–Crippen MR) is 76.1 cm³/mol. The molecule has 9 heteroatoms. The average Bonchev–Trinajstić information content (AvgIpc) is 3.07. The van der Waals surface area contributed by atoms with E-state index < -0.39 is 12.2 Å². The van der Waals surface area contributed by atoms with Gasteiger partial charge in [-0.15, -0.1) is 0 Å². The molecule has 1 fully saturated rings. The van der Waals surface area contributed by atoms with Crippen molar-refractivity contribution < 1.29 is 13.2 Å². The molecule has 0 radical (unpaired) electrons. The first-order chi connectivity index (χ1) is 10.4. The van der Waals surface area contributed by atoms with E-state index in [0.717, 1.165) is 32.6 Å². The summed E-state index contributed by atoms with van der Waals surface area (Å²) in [5, 5.41) is 6.69. The van der Waals surface area contributed by atoms with Gasteiger partial charge in [0.15, 0.2) is 0 Å². The Bertz CT molecular complexity index is 678. The minimum Gasteiger partial charge on any atom is -0.358 e. The van der Waals surface area contributed by atoms with E-state index in [9.17, 15) is 13.2 Å². The standard InChI is InChI=1S/C13H15ClF3N5/c1-7(13(15,16)17)20-11-9(8-4-2-3-5-8)10(14)21-12-18-6-19-22(11)12/h6-8,20H,2-5H2,1H3. The summed E-state index contributed by atoms with van der Waals surface area (Å²) in [6, 6.07) is -1.72.